The summed E-state index contributed by atoms with van der Waals surface area (Å²) in [6.45, 7) is 7.60. The Hall–Kier alpha value is -3.66. The van der Waals surface area contributed by atoms with Crippen LogP contribution in [0.25, 0.3) is 21.9 Å². The van der Waals surface area contributed by atoms with Crippen molar-refractivity contribution in [1.82, 2.24) is 0 Å². The lowest BCUT2D eigenvalue weighted by Gasteiger charge is -2.32. The second-order valence-electron chi connectivity index (χ2n) is 8.32. The molecular weight excluding hydrogens is 412 g/mol. The minimum Gasteiger partial charge on any atom is -0.461 e. The molecule has 0 saturated carbocycles. The molecule has 1 aliphatic carbocycles. The Bertz CT molecular complexity index is 1180. The lowest BCUT2D eigenvalue weighted by atomic mass is 9.71. The first-order valence-corrected chi connectivity index (χ1v) is 11.3. The molecule has 0 radical (unpaired) electrons. The van der Waals surface area contributed by atoms with Crippen LogP contribution in [-0.2, 0) is 24.5 Å². The van der Waals surface area contributed by atoms with Gasteiger partial charge >= 0.3 is 11.9 Å². The molecule has 168 valence electrons. The summed E-state index contributed by atoms with van der Waals surface area (Å²) in [6.07, 6.45) is 4.71. The quantitative estimate of drug-likeness (QED) is 0.281. The minimum atomic E-state index is -0.490. The van der Waals surface area contributed by atoms with Gasteiger partial charge in [-0.2, -0.15) is 0 Å². The van der Waals surface area contributed by atoms with Crippen molar-refractivity contribution in [3.8, 4) is 11.1 Å². The van der Waals surface area contributed by atoms with Crippen LogP contribution in [0, 0.1) is 0 Å². The number of rotatable bonds is 10. The summed E-state index contributed by atoms with van der Waals surface area (Å²) in [5, 5.41) is 2.30. The molecule has 3 aromatic rings. The van der Waals surface area contributed by atoms with E-state index in [0.29, 0.717) is 12.8 Å². The summed E-state index contributed by atoms with van der Waals surface area (Å²) in [4.78, 5) is 24.9. The van der Waals surface area contributed by atoms with Gasteiger partial charge in [-0.3, -0.25) is 9.59 Å². The van der Waals surface area contributed by atoms with E-state index < -0.39 is 5.41 Å². The molecule has 4 nitrogen and oxygen atoms in total. The molecule has 33 heavy (non-hydrogen) atoms. The Morgan fingerprint density at radius 3 is 1.88 bits per heavy atom. The Balaban J connectivity index is 1.79. The fraction of sp³-hybridized carbons (Fsp3) is 0.241. The van der Waals surface area contributed by atoms with Gasteiger partial charge < -0.3 is 9.47 Å². The van der Waals surface area contributed by atoms with E-state index >= 15 is 0 Å². The first-order chi connectivity index (χ1) is 16.1. The van der Waals surface area contributed by atoms with E-state index in [0.717, 1.165) is 33.0 Å². The summed E-state index contributed by atoms with van der Waals surface area (Å²) in [7, 11) is 0. The smallest absolute Gasteiger partial charge is 0.306 e. The number of esters is 2. The van der Waals surface area contributed by atoms with E-state index in [9.17, 15) is 9.59 Å². The predicted molar refractivity (Wildman–Crippen MR) is 131 cm³/mol. The van der Waals surface area contributed by atoms with Gasteiger partial charge in [0, 0.05) is 18.3 Å². The maximum atomic E-state index is 12.4. The lowest BCUT2D eigenvalue weighted by Crippen LogP contribution is -2.28. The fourth-order valence-electron chi connectivity index (χ4n) is 4.88. The van der Waals surface area contributed by atoms with Crippen LogP contribution in [0.2, 0.25) is 0 Å². The van der Waals surface area contributed by atoms with Crippen LogP contribution in [0.5, 0.6) is 0 Å². The number of hydrogen-bond acceptors (Lipinski definition) is 4. The first-order valence-electron chi connectivity index (χ1n) is 11.3. The zero-order valence-electron chi connectivity index (χ0n) is 18.7. The standard InChI is InChI=1S/C29H28O4/c1-3-17-32-27(30)13-15-29(16-14-28(31)33-18-4-2)25-12-8-7-11-23(25)24-19-21-9-5-6-10-22(21)20-26(24)29/h3-12,19-20H,1-2,13-18H2. The van der Waals surface area contributed by atoms with Gasteiger partial charge in [-0.15, -0.1) is 0 Å². The number of ether oxygens (including phenoxy) is 2. The molecular formula is C29H28O4. The van der Waals surface area contributed by atoms with Crippen molar-refractivity contribution in [1.29, 1.82) is 0 Å². The molecule has 0 saturated heterocycles. The molecule has 0 unspecified atom stereocenters. The highest BCUT2D eigenvalue weighted by molar-refractivity contribution is 5.93. The van der Waals surface area contributed by atoms with Gasteiger partial charge in [0.25, 0.3) is 0 Å². The first kappa shape index (κ1) is 22.5. The van der Waals surface area contributed by atoms with Crippen LogP contribution in [0.1, 0.15) is 36.8 Å². The molecule has 0 fully saturated rings. The Morgan fingerprint density at radius 2 is 1.27 bits per heavy atom. The minimum absolute atomic E-state index is 0.192. The SMILES string of the molecule is C=CCOC(=O)CCC1(CCC(=O)OCC=C)c2ccccc2-c2cc3ccccc3cc21. The van der Waals surface area contributed by atoms with Gasteiger partial charge in [-0.05, 0) is 58.0 Å². The normalized spacial score (nSPS) is 13.1. The van der Waals surface area contributed by atoms with E-state index in [2.05, 4.69) is 49.6 Å². The third-order valence-electron chi connectivity index (χ3n) is 6.37. The molecule has 1 aliphatic rings. The summed E-state index contributed by atoms with van der Waals surface area (Å²) in [5.41, 5.74) is 4.11. The maximum Gasteiger partial charge on any atom is 0.306 e. The van der Waals surface area contributed by atoms with Crippen molar-refractivity contribution in [3.63, 3.8) is 0 Å². The molecule has 4 heteroatoms. The Morgan fingerprint density at radius 1 is 0.727 bits per heavy atom. The molecule has 3 aromatic carbocycles. The molecule has 0 amide bonds. The van der Waals surface area contributed by atoms with Crippen molar-refractivity contribution >= 4 is 22.7 Å². The van der Waals surface area contributed by atoms with Crippen molar-refractivity contribution < 1.29 is 19.1 Å². The summed E-state index contributed by atoms with van der Waals surface area (Å²) in [6, 6.07) is 21.0. The molecule has 0 atom stereocenters. The van der Waals surface area contributed by atoms with Gasteiger partial charge in [0.05, 0.1) is 0 Å². The monoisotopic (exact) mass is 440 g/mol. The van der Waals surface area contributed by atoms with Crippen LogP contribution in [0.3, 0.4) is 0 Å². The van der Waals surface area contributed by atoms with Crippen LogP contribution in [0.4, 0.5) is 0 Å². The molecule has 0 heterocycles. The van der Waals surface area contributed by atoms with Crippen molar-refractivity contribution in [2.24, 2.45) is 0 Å². The Kier molecular flexibility index (Phi) is 6.74. The van der Waals surface area contributed by atoms with Crippen molar-refractivity contribution in [3.05, 3.63) is 97.1 Å². The van der Waals surface area contributed by atoms with Gasteiger partial charge in [-0.25, -0.2) is 0 Å². The van der Waals surface area contributed by atoms with E-state index in [4.69, 9.17) is 9.47 Å². The molecule has 0 N–H and O–H groups in total. The molecule has 0 aromatic heterocycles. The van der Waals surface area contributed by atoms with Crippen LogP contribution >= 0.6 is 0 Å². The second kappa shape index (κ2) is 9.86. The zero-order chi connectivity index (χ0) is 23.3. The third kappa shape index (κ3) is 4.47. The van der Waals surface area contributed by atoms with Gasteiger partial charge in [0.15, 0.2) is 0 Å². The highest BCUT2D eigenvalue weighted by Crippen LogP contribution is 2.54. The lowest BCUT2D eigenvalue weighted by molar-refractivity contribution is -0.142. The van der Waals surface area contributed by atoms with E-state index in [-0.39, 0.29) is 38.0 Å². The van der Waals surface area contributed by atoms with Crippen LogP contribution < -0.4 is 0 Å². The fourth-order valence-corrected chi connectivity index (χ4v) is 4.88. The van der Waals surface area contributed by atoms with Crippen LogP contribution in [-0.4, -0.2) is 25.2 Å². The van der Waals surface area contributed by atoms with E-state index in [1.165, 1.54) is 0 Å². The van der Waals surface area contributed by atoms with Crippen molar-refractivity contribution in [2.75, 3.05) is 13.2 Å². The highest BCUT2D eigenvalue weighted by Gasteiger charge is 2.43. The Labute approximate surface area is 194 Å². The predicted octanol–water partition coefficient (Wildman–Crippen LogP) is 6.13. The average molecular weight is 441 g/mol. The molecule has 0 spiro atoms. The number of carbonyl (C=O) groups is 2. The van der Waals surface area contributed by atoms with Gasteiger partial charge in [-0.1, -0.05) is 73.8 Å². The summed E-state index contributed by atoms with van der Waals surface area (Å²) < 4.78 is 10.5. The highest BCUT2D eigenvalue weighted by atomic mass is 16.5. The maximum absolute atomic E-state index is 12.4. The average Bonchev–Trinajstić information content (AvgIpc) is 3.11. The van der Waals surface area contributed by atoms with Gasteiger partial charge in [0.1, 0.15) is 13.2 Å². The van der Waals surface area contributed by atoms with Crippen LogP contribution in [0.15, 0.2) is 86.0 Å². The third-order valence-corrected chi connectivity index (χ3v) is 6.37. The van der Waals surface area contributed by atoms with Crippen molar-refractivity contribution in [2.45, 2.75) is 31.1 Å². The topological polar surface area (TPSA) is 52.6 Å². The number of benzene rings is 3. The number of carbonyl (C=O) groups excluding carboxylic acids is 2. The van der Waals surface area contributed by atoms with Gasteiger partial charge in [0.2, 0.25) is 0 Å². The van der Waals surface area contributed by atoms with E-state index in [1.807, 2.05) is 24.3 Å². The molecule has 4 rings (SSSR count). The zero-order valence-corrected chi connectivity index (χ0v) is 18.7. The summed E-state index contributed by atoms with van der Waals surface area (Å²) >= 11 is 0. The second-order valence-corrected chi connectivity index (χ2v) is 8.32. The number of fused-ring (bicyclic) bond motifs is 4. The number of hydrogen-bond donors (Lipinski definition) is 0. The summed E-state index contributed by atoms with van der Waals surface area (Å²) in [5.74, 6) is -0.537. The molecule has 0 bridgehead atoms. The van der Waals surface area contributed by atoms with E-state index in [1.54, 1.807) is 12.2 Å². The largest absolute Gasteiger partial charge is 0.461 e. The molecule has 0 aliphatic heterocycles.